The van der Waals surface area contributed by atoms with Crippen LogP contribution in [-0.4, -0.2) is 4.98 Å². The molecule has 2 bridgehead atoms. The van der Waals surface area contributed by atoms with Gasteiger partial charge in [-0.1, -0.05) is 24.6 Å². The molecule has 0 spiro atoms. The number of hydrogen-bond acceptors (Lipinski definition) is 2. The standard InChI is InChI=1S/C18H21BrN2/c19-15-9-13-3-1-2-4-17(13)21-18(15)16(20)10-14-8-11-5-6-12(14)7-11/h1-4,9,11-12,14,16H,5-8,10,20H2. The lowest BCUT2D eigenvalue weighted by Crippen LogP contribution is -2.20. The third-order valence-electron chi connectivity index (χ3n) is 5.50. The van der Waals surface area contributed by atoms with Crippen molar-refractivity contribution in [2.24, 2.45) is 23.5 Å². The van der Waals surface area contributed by atoms with Crippen LogP contribution in [0.25, 0.3) is 10.9 Å². The van der Waals surface area contributed by atoms with Crippen LogP contribution in [0.4, 0.5) is 0 Å². The van der Waals surface area contributed by atoms with Crippen molar-refractivity contribution >= 4 is 26.8 Å². The lowest BCUT2D eigenvalue weighted by Gasteiger charge is -2.25. The molecule has 110 valence electrons. The lowest BCUT2D eigenvalue weighted by molar-refractivity contribution is 0.294. The van der Waals surface area contributed by atoms with E-state index in [4.69, 9.17) is 10.7 Å². The fraction of sp³-hybridized carbons (Fsp3) is 0.500. The van der Waals surface area contributed by atoms with Crippen LogP contribution in [0.3, 0.4) is 0 Å². The Morgan fingerprint density at radius 2 is 2.10 bits per heavy atom. The maximum absolute atomic E-state index is 6.51. The van der Waals surface area contributed by atoms with E-state index in [-0.39, 0.29) is 6.04 Å². The van der Waals surface area contributed by atoms with Gasteiger partial charge >= 0.3 is 0 Å². The van der Waals surface area contributed by atoms with Crippen molar-refractivity contribution < 1.29 is 0 Å². The fourth-order valence-electron chi connectivity index (χ4n) is 4.47. The van der Waals surface area contributed by atoms with Gasteiger partial charge in [-0.2, -0.15) is 0 Å². The number of halogens is 1. The minimum atomic E-state index is 0.0494. The summed E-state index contributed by atoms with van der Waals surface area (Å²) in [5, 5.41) is 1.17. The lowest BCUT2D eigenvalue weighted by atomic mass is 9.83. The van der Waals surface area contributed by atoms with E-state index in [1.54, 1.807) is 0 Å². The molecule has 4 atom stereocenters. The van der Waals surface area contributed by atoms with Crippen molar-refractivity contribution in [1.29, 1.82) is 0 Å². The van der Waals surface area contributed by atoms with Crippen molar-refractivity contribution in [3.05, 3.63) is 40.5 Å². The molecule has 1 aromatic heterocycles. The van der Waals surface area contributed by atoms with Crippen LogP contribution in [0.1, 0.15) is 43.8 Å². The molecule has 1 aromatic carbocycles. The SMILES string of the molecule is NC(CC1CC2CCC1C2)c1nc2ccccc2cc1Br. The predicted octanol–water partition coefficient (Wildman–Crippen LogP) is 4.82. The Balaban J connectivity index is 1.58. The van der Waals surface area contributed by atoms with Gasteiger partial charge in [-0.15, -0.1) is 0 Å². The van der Waals surface area contributed by atoms with E-state index in [1.807, 2.05) is 12.1 Å². The highest BCUT2D eigenvalue weighted by Crippen LogP contribution is 2.50. The summed E-state index contributed by atoms with van der Waals surface area (Å²) in [7, 11) is 0. The molecule has 1 heterocycles. The third-order valence-corrected chi connectivity index (χ3v) is 6.13. The average molecular weight is 345 g/mol. The molecule has 3 heteroatoms. The van der Waals surface area contributed by atoms with Crippen LogP contribution < -0.4 is 5.73 Å². The van der Waals surface area contributed by atoms with E-state index < -0.39 is 0 Å². The van der Waals surface area contributed by atoms with Gasteiger partial charge in [0, 0.05) is 15.9 Å². The summed E-state index contributed by atoms with van der Waals surface area (Å²) < 4.78 is 1.05. The summed E-state index contributed by atoms with van der Waals surface area (Å²) in [6.07, 6.45) is 6.81. The number of hydrogen-bond donors (Lipinski definition) is 1. The van der Waals surface area contributed by atoms with Gasteiger partial charge in [0.15, 0.2) is 0 Å². The third kappa shape index (κ3) is 2.51. The minimum absolute atomic E-state index is 0.0494. The molecule has 4 rings (SSSR count). The summed E-state index contributed by atoms with van der Waals surface area (Å²) in [5.74, 6) is 2.74. The molecule has 0 radical (unpaired) electrons. The van der Waals surface area contributed by atoms with Crippen molar-refractivity contribution in [2.45, 2.75) is 38.1 Å². The largest absolute Gasteiger partial charge is 0.323 e. The summed E-state index contributed by atoms with van der Waals surface area (Å²) in [6, 6.07) is 10.4. The second-order valence-corrected chi connectivity index (χ2v) is 7.68. The van der Waals surface area contributed by atoms with Crippen LogP contribution in [0.15, 0.2) is 34.8 Å². The monoisotopic (exact) mass is 344 g/mol. The number of aromatic nitrogens is 1. The molecule has 2 nitrogen and oxygen atoms in total. The Labute approximate surface area is 134 Å². The molecule has 2 aliphatic rings. The average Bonchev–Trinajstić information content (AvgIpc) is 3.09. The van der Waals surface area contributed by atoms with Gasteiger partial charge in [0.05, 0.1) is 11.2 Å². The van der Waals surface area contributed by atoms with Crippen molar-refractivity contribution in [1.82, 2.24) is 4.98 Å². The fourth-order valence-corrected chi connectivity index (χ4v) is 5.10. The summed E-state index contributed by atoms with van der Waals surface area (Å²) in [4.78, 5) is 4.81. The van der Waals surface area contributed by atoms with Crippen LogP contribution in [0, 0.1) is 17.8 Å². The molecular weight excluding hydrogens is 324 g/mol. The second-order valence-electron chi connectivity index (χ2n) is 6.83. The van der Waals surface area contributed by atoms with E-state index >= 15 is 0 Å². The Kier molecular flexibility index (Phi) is 3.50. The van der Waals surface area contributed by atoms with Crippen molar-refractivity contribution in [3.63, 3.8) is 0 Å². The van der Waals surface area contributed by atoms with Crippen LogP contribution in [0.2, 0.25) is 0 Å². The first kappa shape index (κ1) is 13.7. The zero-order valence-corrected chi connectivity index (χ0v) is 13.7. The quantitative estimate of drug-likeness (QED) is 0.866. The number of nitrogens with zero attached hydrogens (tertiary/aromatic N) is 1. The van der Waals surface area contributed by atoms with Crippen LogP contribution in [-0.2, 0) is 0 Å². The van der Waals surface area contributed by atoms with Gasteiger partial charge in [-0.25, -0.2) is 4.98 Å². The Morgan fingerprint density at radius 3 is 2.86 bits per heavy atom. The van der Waals surface area contributed by atoms with E-state index in [9.17, 15) is 0 Å². The molecule has 4 unspecified atom stereocenters. The highest BCUT2D eigenvalue weighted by molar-refractivity contribution is 9.10. The summed E-state index contributed by atoms with van der Waals surface area (Å²) in [5.41, 5.74) is 8.57. The smallest absolute Gasteiger partial charge is 0.0720 e. The zero-order valence-electron chi connectivity index (χ0n) is 12.1. The number of benzene rings is 1. The van der Waals surface area contributed by atoms with E-state index in [0.717, 1.165) is 39.9 Å². The van der Waals surface area contributed by atoms with Crippen LogP contribution >= 0.6 is 15.9 Å². The van der Waals surface area contributed by atoms with Crippen LogP contribution in [0.5, 0.6) is 0 Å². The summed E-state index contributed by atoms with van der Waals surface area (Å²) in [6.45, 7) is 0. The predicted molar refractivity (Wildman–Crippen MR) is 89.9 cm³/mol. The van der Waals surface area contributed by atoms with E-state index in [2.05, 4.69) is 34.1 Å². The normalized spacial score (nSPS) is 29.1. The molecule has 2 N–H and O–H groups in total. The number of rotatable bonds is 3. The Bertz CT molecular complexity index is 669. The highest BCUT2D eigenvalue weighted by Gasteiger charge is 2.40. The first-order chi connectivity index (χ1) is 10.2. The Hall–Kier alpha value is -0.930. The maximum atomic E-state index is 6.51. The number of para-hydroxylation sites is 1. The molecule has 21 heavy (non-hydrogen) atoms. The first-order valence-corrected chi connectivity index (χ1v) is 8.81. The van der Waals surface area contributed by atoms with Gasteiger partial charge in [0.1, 0.15) is 0 Å². The van der Waals surface area contributed by atoms with Gasteiger partial charge in [-0.05, 0) is 71.5 Å². The maximum Gasteiger partial charge on any atom is 0.0720 e. The van der Waals surface area contributed by atoms with Gasteiger partial charge in [-0.3, -0.25) is 0 Å². The highest BCUT2D eigenvalue weighted by atomic mass is 79.9. The zero-order chi connectivity index (χ0) is 14.4. The van der Waals surface area contributed by atoms with Gasteiger partial charge < -0.3 is 5.73 Å². The number of fused-ring (bicyclic) bond motifs is 3. The molecule has 0 aliphatic heterocycles. The minimum Gasteiger partial charge on any atom is -0.323 e. The van der Waals surface area contributed by atoms with Crippen molar-refractivity contribution in [2.75, 3.05) is 0 Å². The molecular formula is C18H21BrN2. The first-order valence-electron chi connectivity index (χ1n) is 8.01. The second kappa shape index (κ2) is 5.36. The van der Waals surface area contributed by atoms with Gasteiger partial charge in [0.2, 0.25) is 0 Å². The van der Waals surface area contributed by atoms with Crippen molar-refractivity contribution in [3.8, 4) is 0 Å². The molecule has 0 saturated heterocycles. The molecule has 2 fully saturated rings. The Morgan fingerprint density at radius 1 is 1.24 bits per heavy atom. The molecule has 0 amide bonds. The molecule has 2 saturated carbocycles. The molecule has 2 aliphatic carbocycles. The van der Waals surface area contributed by atoms with E-state index in [0.29, 0.717) is 0 Å². The van der Waals surface area contributed by atoms with Gasteiger partial charge in [0.25, 0.3) is 0 Å². The summed E-state index contributed by atoms with van der Waals surface area (Å²) >= 11 is 3.67. The van der Waals surface area contributed by atoms with E-state index in [1.165, 1.54) is 31.1 Å². The number of nitrogens with two attached hydrogens (primary N) is 1. The number of pyridine rings is 1. The topological polar surface area (TPSA) is 38.9 Å². The molecule has 2 aromatic rings.